The van der Waals surface area contributed by atoms with Gasteiger partial charge in [0.2, 0.25) is 0 Å². The fraction of sp³-hybridized carbons (Fsp3) is 0.562. The van der Waals surface area contributed by atoms with Gasteiger partial charge in [0.15, 0.2) is 0 Å². The Morgan fingerprint density at radius 1 is 1.29 bits per heavy atom. The Balaban J connectivity index is 2.18. The van der Waals surface area contributed by atoms with Crippen LogP contribution in [0.2, 0.25) is 0 Å². The van der Waals surface area contributed by atoms with Crippen molar-refractivity contribution in [2.24, 2.45) is 0 Å². The molecule has 0 aliphatic carbocycles. The third kappa shape index (κ3) is 3.71. The summed E-state index contributed by atoms with van der Waals surface area (Å²) in [4.78, 5) is 11.4. The van der Waals surface area contributed by atoms with Crippen LogP contribution in [-0.4, -0.2) is 31.7 Å². The molecule has 0 bridgehead atoms. The van der Waals surface area contributed by atoms with E-state index < -0.39 is 22.4 Å². The van der Waals surface area contributed by atoms with Gasteiger partial charge < -0.3 is 9.84 Å². The SMILES string of the molecule is CC1(C)CC(S(=O)c2ccc(CC(=O)O)cc2)C(C)(C)O1. The normalized spacial score (nSPS) is 24.7. The Bertz CT molecular complexity index is 560. The lowest BCUT2D eigenvalue weighted by Crippen LogP contribution is -2.35. The van der Waals surface area contributed by atoms with E-state index in [1.165, 1.54) is 0 Å². The molecule has 2 atom stereocenters. The molecule has 116 valence electrons. The average molecular weight is 310 g/mol. The van der Waals surface area contributed by atoms with Crippen LogP contribution < -0.4 is 0 Å². The van der Waals surface area contributed by atoms with Crippen molar-refractivity contribution in [2.45, 2.75) is 61.9 Å². The molecule has 0 radical (unpaired) electrons. The Morgan fingerprint density at radius 3 is 2.29 bits per heavy atom. The second-order valence-corrected chi connectivity index (χ2v) is 8.31. The third-order valence-electron chi connectivity index (χ3n) is 3.76. The molecule has 1 saturated heterocycles. The molecule has 4 nitrogen and oxygen atoms in total. The van der Waals surface area contributed by atoms with Crippen molar-refractivity contribution in [3.8, 4) is 0 Å². The van der Waals surface area contributed by atoms with E-state index in [1.807, 2.05) is 27.7 Å². The molecule has 1 aromatic carbocycles. The molecule has 2 unspecified atom stereocenters. The summed E-state index contributed by atoms with van der Waals surface area (Å²) in [6.45, 7) is 7.98. The maximum absolute atomic E-state index is 12.8. The predicted molar refractivity (Wildman–Crippen MR) is 81.8 cm³/mol. The van der Waals surface area contributed by atoms with E-state index in [0.29, 0.717) is 5.56 Å². The van der Waals surface area contributed by atoms with Crippen LogP contribution in [0.25, 0.3) is 0 Å². The molecule has 0 saturated carbocycles. The molecule has 5 heteroatoms. The minimum atomic E-state index is -1.17. The minimum Gasteiger partial charge on any atom is -0.481 e. The van der Waals surface area contributed by atoms with Gasteiger partial charge in [-0.1, -0.05) is 12.1 Å². The van der Waals surface area contributed by atoms with Gasteiger partial charge in [-0.25, -0.2) is 0 Å². The lowest BCUT2D eigenvalue weighted by Gasteiger charge is -2.26. The van der Waals surface area contributed by atoms with Crippen molar-refractivity contribution in [3.63, 3.8) is 0 Å². The molecular formula is C16H22O4S. The van der Waals surface area contributed by atoms with Crippen LogP contribution in [0.15, 0.2) is 29.2 Å². The summed E-state index contributed by atoms with van der Waals surface area (Å²) in [5, 5.41) is 8.70. The van der Waals surface area contributed by atoms with Crippen LogP contribution >= 0.6 is 0 Å². The van der Waals surface area contributed by atoms with Gasteiger partial charge in [-0.15, -0.1) is 0 Å². The van der Waals surface area contributed by atoms with Crippen molar-refractivity contribution in [1.29, 1.82) is 0 Å². The number of hydrogen-bond acceptors (Lipinski definition) is 3. The van der Waals surface area contributed by atoms with E-state index in [-0.39, 0.29) is 17.3 Å². The van der Waals surface area contributed by atoms with Crippen molar-refractivity contribution in [1.82, 2.24) is 0 Å². The van der Waals surface area contributed by atoms with Crippen molar-refractivity contribution >= 4 is 16.8 Å². The molecule has 21 heavy (non-hydrogen) atoms. The van der Waals surface area contributed by atoms with E-state index >= 15 is 0 Å². The lowest BCUT2D eigenvalue weighted by molar-refractivity contribution is -0.136. The number of carboxylic acids is 1. The first-order valence-corrected chi connectivity index (χ1v) is 8.23. The van der Waals surface area contributed by atoms with Gasteiger partial charge in [0.05, 0.1) is 33.7 Å². The van der Waals surface area contributed by atoms with Gasteiger partial charge in [-0.3, -0.25) is 9.00 Å². The van der Waals surface area contributed by atoms with Crippen LogP contribution in [0.4, 0.5) is 0 Å². The summed E-state index contributed by atoms with van der Waals surface area (Å²) in [5.74, 6) is -0.865. The van der Waals surface area contributed by atoms with E-state index in [2.05, 4.69) is 0 Å². The molecule has 2 rings (SSSR count). The molecule has 1 aliphatic heterocycles. The van der Waals surface area contributed by atoms with E-state index in [1.54, 1.807) is 24.3 Å². The highest BCUT2D eigenvalue weighted by Crippen LogP contribution is 2.41. The maximum Gasteiger partial charge on any atom is 0.307 e. The number of ether oxygens (including phenoxy) is 1. The number of carbonyl (C=O) groups is 1. The number of benzene rings is 1. The highest BCUT2D eigenvalue weighted by molar-refractivity contribution is 7.85. The third-order valence-corrected chi connectivity index (χ3v) is 5.75. The Hall–Kier alpha value is -1.20. The average Bonchev–Trinajstić information content (AvgIpc) is 2.56. The monoisotopic (exact) mass is 310 g/mol. The number of rotatable bonds is 4. The highest BCUT2D eigenvalue weighted by atomic mass is 32.2. The summed E-state index contributed by atoms with van der Waals surface area (Å²) in [6, 6.07) is 6.98. The first kappa shape index (κ1) is 16.2. The Morgan fingerprint density at radius 2 is 1.86 bits per heavy atom. The molecule has 0 spiro atoms. The minimum absolute atomic E-state index is 0.0159. The molecule has 1 heterocycles. The zero-order chi connectivity index (χ0) is 15.8. The molecule has 1 N–H and O–H groups in total. The fourth-order valence-electron chi connectivity index (χ4n) is 2.93. The second kappa shape index (κ2) is 5.54. The zero-order valence-corrected chi connectivity index (χ0v) is 13.7. The highest BCUT2D eigenvalue weighted by Gasteiger charge is 2.48. The van der Waals surface area contributed by atoms with Gasteiger partial charge >= 0.3 is 5.97 Å². The summed E-state index contributed by atoms with van der Waals surface area (Å²) in [6.07, 6.45) is 0.724. The van der Waals surface area contributed by atoms with E-state index in [9.17, 15) is 9.00 Å². The first-order chi connectivity index (χ1) is 9.61. The first-order valence-electron chi connectivity index (χ1n) is 7.02. The molecular weight excluding hydrogens is 288 g/mol. The topological polar surface area (TPSA) is 63.6 Å². The zero-order valence-electron chi connectivity index (χ0n) is 12.9. The molecule has 0 aromatic heterocycles. The Labute approximate surface area is 128 Å². The van der Waals surface area contributed by atoms with Gasteiger partial charge in [0, 0.05) is 4.90 Å². The van der Waals surface area contributed by atoms with Crippen LogP contribution in [-0.2, 0) is 26.8 Å². The lowest BCUT2D eigenvalue weighted by atomic mass is 10.0. The van der Waals surface area contributed by atoms with Crippen LogP contribution in [0, 0.1) is 0 Å². The smallest absolute Gasteiger partial charge is 0.307 e. The maximum atomic E-state index is 12.8. The predicted octanol–water partition coefficient (Wildman–Crippen LogP) is 2.77. The molecule has 1 aliphatic rings. The fourth-order valence-corrected chi connectivity index (χ4v) is 4.77. The van der Waals surface area contributed by atoms with Gasteiger partial charge in [-0.05, 0) is 51.8 Å². The number of aliphatic carboxylic acids is 1. The van der Waals surface area contributed by atoms with Crippen LogP contribution in [0.3, 0.4) is 0 Å². The van der Waals surface area contributed by atoms with Gasteiger partial charge in [-0.2, -0.15) is 0 Å². The molecule has 0 amide bonds. The standard InChI is InChI=1S/C16H22O4S/c1-15(2)10-13(16(3,4)20-15)21(19)12-7-5-11(6-8-12)9-14(17)18/h5-8,13H,9-10H2,1-4H3,(H,17,18). The van der Waals surface area contributed by atoms with E-state index in [4.69, 9.17) is 9.84 Å². The summed E-state index contributed by atoms with van der Waals surface area (Å²) in [7, 11) is -1.17. The number of hydrogen-bond donors (Lipinski definition) is 1. The largest absolute Gasteiger partial charge is 0.481 e. The summed E-state index contributed by atoms with van der Waals surface area (Å²) >= 11 is 0. The molecule has 1 aromatic rings. The quantitative estimate of drug-likeness (QED) is 0.929. The summed E-state index contributed by atoms with van der Waals surface area (Å²) < 4.78 is 18.8. The van der Waals surface area contributed by atoms with Crippen molar-refractivity contribution in [3.05, 3.63) is 29.8 Å². The van der Waals surface area contributed by atoms with E-state index in [0.717, 1.165) is 11.3 Å². The van der Waals surface area contributed by atoms with Crippen LogP contribution in [0.1, 0.15) is 39.7 Å². The van der Waals surface area contributed by atoms with Gasteiger partial charge in [0.1, 0.15) is 0 Å². The van der Waals surface area contributed by atoms with Gasteiger partial charge in [0.25, 0.3) is 0 Å². The van der Waals surface area contributed by atoms with Crippen molar-refractivity contribution < 1.29 is 18.8 Å². The van der Waals surface area contributed by atoms with Crippen molar-refractivity contribution in [2.75, 3.05) is 0 Å². The Kier molecular flexibility index (Phi) is 4.26. The summed E-state index contributed by atoms with van der Waals surface area (Å²) in [5.41, 5.74) is 0.00627. The molecule has 1 fully saturated rings. The number of carboxylic acid groups (broad SMARTS) is 1. The second-order valence-electron chi connectivity index (χ2n) is 6.67. The van der Waals surface area contributed by atoms with Crippen LogP contribution in [0.5, 0.6) is 0 Å².